The van der Waals surface area contributed by atoms with Crippen LogP contribution in [0.5, 0.6) is 0 Å². The van der Waals surface area contributed by atoms with Crippen LogP contribution in [0.2, 0.25) is 0 Å². The van der Waals surface area contributed by atoms with Gasteiger partial charge < -0.3 is 10.6 Å². The molecule has 0 radical (unpaired) electrons. The Hall–Kier alpha value is -1.69. The second kappa shape index (κ2) is 4.15. The summed E-state index contributed by atoms with van der Waals surface area (Å²) in [6.07, 6.45) is 1.54. The lowest BCUT2D eigenvalue weighted by molar-refractivity contribution is -0.0317. The third-order valence-corrected chi connectivity index (χ3v) is 3.90. The van der Waals surface area contributed by atoms with Gasteiger partial charge in [-0.2, -0.15) is 18.6 Å². The van der Waals surface area contributed by atoms with Gasteiger partial charge in [0, 0.05) is 19.2 Å². The first-order chi connectivity index (χ1) is 9.33. The molecule has 0 aromatic carbocycles. The number of rotatable bonds is 3. The van der Waals surface area contributed by atoms with Gasteiger partial charge in [-0.25, -0.2) is 4.79 Å². The fourth-order valence-corrected chi connectivity index (χ4v) is 3.15. The van der Waals surface area contributed by atoms with Gasteiger partial charge in [-0.1, -0.05) is 0 Å². The van der Waals surface area contributed by atoms with Crippen molar-refractivity contribution in [3.63, 3.8) is 0 Å². The summed E-state index contributed by atoms with van der Waals surface area (Å²) in [5.41, 5.74) is 7.10. The van der Waals surface area contributed by atoms with Gasteiger partial charge in [0.15, 0.2) is 0 Å². The Morgan fingerprint density at radius 2 is 2.30 bits per heavy atom. The van der Waals surface area contributed by atoms with Gasteiger partial charge in [0.2, 0.25) is 0 Å². The molecule has 0 spiro atoms. The van der Waals surface area contributed by atoms with Crippen molar-refractivity contribution >= 4 is 16.4 Å². The summed E-state index contributed by atoms with van der Waals surface area (Å²) in [4.78, 5) is 13.6. The van der Waals surface area contributed by atoms with Crippen molar-refractivity contribution < 1.29 is 22.0 Å². The number of carbonyl (C=O) groups is 1. The number of fused-ring (bicyclic) bond motifs is 4. The highest BCUT2D eigenvalue weighted by Gasteiger charge is 2.51. The van der Waals surface area contributed by atoms with E-state index in [2.05, 4.69) is 9.38 Å². The molecule has 2 amide bonds. The number of nitrogens with two attached hydrogens (primary N) is 1. The third kappa shape index (κ3) is 1.78. The summed E-state index contributed by atoms with van der Waals surface area (Å²) in [6, 6.07) is -1.70. The summed E-state index contributed by atoms with van der Waals surface area (Å²) in [6.45, 7) is 0.402. The summed E-state index contributed by atoms with van der Waals surface area (Å²) in [5, 5.41) is 4.74. The summed E-state index contributed by atoms with van der Waals surface area (Å²) < 4.78 is 36.5. The van der Waals surface area contributed by atoms with E-state index in [4.69, 9.17) is 10.3 Å². The zero-order chi connectivity index (χ0) is 14.7. The fraction of sp³-hybridized carbons (Fsp3) is 0.556. The van der Waals surface area contributed by atoms with Crippen molar-refractivity contribution in [1.29, 1.82) is 0 Å². The lowest BCUT2D eigenvalue weighted by Gasteiger charge is -2.30. The topological polar surface area (TPSA) is 131 Å². The van der Waals surface area contributed by atoms with Crippen molar-refractivity contribution in [2.75, 3.05) is 13.1 Å². The fourth-order valence-electron chi connectivity index (χ4n) is 2.78. The van der Waals surface area contributed by atoms with Crippen LogP contribution in [-0.2, 0) is 21.7 Å². The number of carbonyl (C=O) groups excluding carboxylic acids is 1. The Morgan fingerprint density at radius 1 is 1.60 bits per heavy atom. The number of hydrogen-bond acceptors (Lipinski definition) is 6. The van der Waals surface area contributed by atoms with E-state index in [0.717, 1.165) is 5.69 Å². The predicted molar refractivity (Wildman–Crippen MR) is 64.3 cm³/mol. The van der Waals surface area contributed by atoms with Gasteiger partial charge in [0.05, 0.1) is 24.5 Å². The summed E-state index contributed by atoms with van der Waals surface area (Å²) >= 11 is 0. The Balaban J connectivity index is 2.08. The molecule has 20 heavy (non-hydrogen) atoms. The van der Waals surface area contributed by atoms with E-state index in [9.17, 15) is 13.2 Å². The molecule has 1 aromatic heterocycles. The molecule has 2 bridgehead atoms. The van der Waals surface area contributed by atoms with Gasteiger partial charge in [-0.15, -0.1) is 4.28 Å². The molecule has 1 aromatic rings. The van der Waals surface area contributed by atoms with Crippen LogP contribution in [0, 0.1) is 0 Å². The Bertz CT molecular complexity index is 670. The van der Waals surface area contributed by atoms with Crippen molar-refractivity contribution in [1.82, 2.24) is 19.7 Å². The van der Waals surface area contributed by atoms with Crippen LogP contribution in [0.4, 0.5) is 4.79 Å². The second-order valence-corrected chi connectivity index (χ2v) is 5.64. The molecule has 0 aliphatic carbocycles. The van der Waals surface area contributed by atoms with Crippen molar-refractivity contribution in [2.24, 2.45) is 12.8 Å². The number of amides is 2. The minimum atomic E-state index is -4.78. The van der Waals surface area contributed by atoms with Crippen molar-refractivity contribution in [3.8, 4) is 0 Å². The predicted octanol–water partition coefficient (Wildman–Crippen LogP) is -1.05. The molecule has 2 aliphatic rings. The van der Waals surface area contributed by atoms with E-state index < -0.39 is 28.5 Å². The van der Waals surface area contributed by atoms with Gasteiger partial charge >= 0.3 is 16.4 Å². The molecule has 3 rings (SSSR count). The molecule has 1 saturated heterocycles. The Morgan fingerprint density at radius 3 is 2.90 bits per heavy atom. The second-order valence-electron chi connectivity index (χ2n) is 4.64. The molecule has 2 aliphatic heterocycles. The summed E-state index contributed by atoms with van der Waals surface area (Å²) in [7, 11) is -3.06. The van der Waals surface area contributed by atoms with Crippen LogP contribution in [-0.4, -0.2) is 51.8 Å². The minimum absolute atomic E-state index is 0.171. The molecule has 2 atom stereocenters. The molecule has 11 heteroatoms. The van der Waals surface area contributed by atoms with Crippen LogP contribution >= 0.6 is 0 Å². The van der Waals surface area contributed by atoms with Crippen LogP contribution in [0.25, 0.3) is 0 Å². The van der Waals surface area contributed by atoms with Gasteiger partial charge in [-0.3, -0.25) is 9.23 Å². The quantitative estimate of drug-likeness (QED) is 0.681. The molecular weight excluding hydrogens is 290 g/mol. The molecule has 10 nitrogen and oxygen atoms in total. The maximum absolute atomic E-state index is 12.2. The molecule has 0 saturated carbocycles. The van der Waals surface area contributed by atoms with Gasteiger partial charge in [0.25, 0.3) is 0 Å². The van der Waals surface area contributed by atoms with Crippen LogP contribution in [0.1, 0.15) is 23.3 Å². The monoisotopic (exact) mass is 303 g/mol. The van der Waals surface area contributed by atoms with E-state index in [1.807, 2.05) is 0 Å². The number of aromatic nitrogens is 2. The SMILES string of the molecule is Cn1ncc2c1[C@@H](CN)N1C[C@@H]2N(OS(=O)(=O)O)C1=O. The largest absolute Gasteiger partial charge is 0.418 e. The molecule has 0 unspecified atom stereocenters. The summed E-state index contributed by atoms with van der Waals surface area (Å²) in [5.74, 6) is 0. The normalized spacial score (nSPS) is 25.2. The highest BCUT2D eigenvalue weighted by molar-refractivity contribution is 7.80. The van der Waals surface area contributed by atoms with Crippen LogP contribution in [0.15, 0.2) is 6.20 Å². The van der Waals surface area contributed by atoms with E-state index in [0.29, 0.717) is 10.6 Å². The number of urea groups is 1. The number of aryl methyl sites for hydroxylation is 1. The van der Waals surface area contributed by atoms with Crippen LogP contribution < -0.4 is 5.73 Å². The molecule has 3 heterocycles. The average molecular weight is 303 g/mol. The lowest BCUT2D eigenvalue weighted by atomic mass is 9.98. The van der Waals surface area contributed by atoms with Gasteiger partial charge in [-0.05, 0) is 0 Å². The molecule has 3 N–H and O–H groups in total. The van der Waals surface area contributed by atoms with Gasteiger partial charge in [0.1, 0.15) is 6.04 Å². The van der Waals surface area contributed by atoms with E-state index in [1.54, 1.807) is 17.9 Å². The average Bonchev–Trinajstić information content (AvgIpc) is 2.85. The minimum Gasteiger partial charge on any atom is -0.328 e. The Labute approximate surface area is 114 Å². The standard InChI is InChI=1S/C9H13N5O5S/c1-12-8-5(3-11-12)7-4-13(6(8)2-10)9(15)14(7)19-20(16,17)18/h3,6-7H,2,4,10H2,1H3,(H,16,17,18)/t6-,7+/m1/s1. The molecule has 1 fully saturated rings. The first-order valence-corrected chi connectivity index (χ1v) is 7.18. The van der Waals surface area contributed by atoms with Crippen LogP contribution in [0.3, 0.4) is 0 Å². The highest BCUT2D eigenvalue weighted by Crippen LogP contribution is 2.43. The van der Waals surface area contributed by atoms with E-state index in [1.165, 1.54) is 4.90 Å². The van der Waals surface area contributed by atoms with Crippen molar-refractivity contribution in [3.05, 3.63) is 17.5 Å². The first kappa shape index (κ1) is 13.3. The smallest absolute Gasteiger partial charge is 0.328 e. The Kier molecular flexibility index (Phi) is 2.76. The number of hydrogen-bond donors (Lipinski definition) is 2. The maximum Gasteiger partial charge on any atom is 0.418 e. The van der Waals surface area contributed by atoms with Crippen molar-refractivity contribution in [2.45, 2.75) is 12.1 Å². The number of nitrogens with zero attached hydrogens (tertiary/aromatic N) is 4. The van der Waals surface area contributed by atoms with E-state index in [-0.39, 0.29) is 13.1 Å². The highest BCUT2D eigenvalue weighted by atomic mass is 32.3. The first-order valence-electron chi connectivity index (χ1n) is 5.82. The molecule has 110 valence electrons. The van der Waals surface area contributed by atoms with E-state index >= 15 is 0 Å². The zero-order valence-corrected chi connectivity index (χ0v) is 11.3. The number of hydroxylamine groups is 2. The molecular formula is C9H13N5O5S. The maximum atomic E-state index is 12.2. The zero-order valence-electron chi connectivity index (χ0n) is 10.5. The lowest BCUT2D eigenvalue weighted by Crippen LogP contribution is -2.39. The third-order valence-electron chi connectivity index (χ3n) is 3.55.